The molecule has 3 N–H and O–H groups in total. The molecule has 1 aromatic carbocycles. The molecule has 1 aliphatic carbocycles. The SMILES string of the molecule is Cl.Cl.NCC1CCCCC1NC(=O)c1ccc2ncccc2c1. The van der Waals surface area contributed by atoms with Gasteiger partial charge in [-0.3, -0.25) is 9.78 Å². The van der Waals surface area contributed by atoms with Gasteiger partial charge in [0.05, 0.1) is 5.52 Å². The van der Waals surface area contributed by atoms with E-state index in [4.69, 9.17) is 5.73 Å². The van der Waals surface area contributed by atoms with Crippen LogP contribution in [0.5, 0.6) is 0 Å². The molecule has 0 radical (unpaired) electrons. The topological polar surface area (TPSA) is 68.0 Å². The van der Waals surface area contributed by atoms with Crippen molar-refractivity contribution in [3.05, 3.63) is 42.1 Å². The summed E-state index contributed by atoms with van der Waals surface area (Å²) in [7, 11) is 0. The summed E-state index contributed by atoms with van der Waals surface area (Å²) in [5.74, 6) is 0.399. The number of pyridine rings is 1. The van der Waals surface area contributed by atoms with Gasteiger partial charge in [0, 0.05) is 23.2 Å². The molecule has 2 unspecified atom stereocenters. The normalized spacial score (nSPS) is 20.2. The van der Waals surface area contributed by atoms with Crippen LogP contribution in [0.1, 0.15) is 36.0 Å². The number of hydrogen-bond donors (Lipinski definition) is 2. The van der Waals surface area contributed by atoms with E-state index in [0.29, 0.717) is 18.0 Å². The first kappa shape index (κ1) is 19.7. The van der Waals surface area contributed by atoms with Crippen molar-refractivity contribution in [2.24, 2.45) is 11.7 Å². The fourth-order valence-electron chi connectivity index (χ4n) is 3.15. The lowest BCUT2D eigenvalue weighted by Gasteiger charge is -2.31. The average Bonchev–Trinajstić information content (AvgIpc) is 2.55. The smallest absolute Gasteiger partial charge is 0.251 e. The molecule has 1 amide bonds. The molecule has 1 heterocycles. The summed E-state index contributed by atoms with van der Waals surface area (Å²) in [6, 6.07) is 9.70. The summed E-state index contributed by atoms with van der Waals surface area (Å²) in [5, 5.41) is 4.15. The second kappa shape index (κ2) is 9.06. The van der Waals surface area contributed by atoms with E-state index in [1.165, 1.54) is 12.8 Å². The van der Waals surface area contributed by atoms with E-state index in [1.54, 1.807) is 6.20 Å². The Hall–Kier alpha value is -1.36. The molecule has 1 aromatic heterocycles. The highest BCUT2D eigenvalue weighted by atomic mass is 35.5. The van der Waals surface area contributed by atoms with Crippen molar-refractivity contribution in [3.8, 4) is 0 Å². The molecule has 2 atom stereocenters. The van der Waals surface area contributed by atoms with Gasteiger partial charge in [0.15, 0.2) is 0 Å². The molecular formula is C17H23Cl2N3O. The summed E-state index contributed by atoms with van der Waals surface area (Å²) in [6.45, 7) is 0.645. The zero-order valence-electron chi connectivity index (χ0n) is 12.9. The number of halogens is 2. The number of hydrogen-bond acceptors (Lipinski definition) is 3. The fourth-order valence-corrected chi connectivity index (χ4v) is 3.15. The maximum atomic E-state index is 12.4. The summed E-state index contributed by atoms with van der Waals surface area (Å²) in [4.78, 5) is 16.7. The first-order valence-electron chi connectivity index (χ1n) is 7.63. The molecule has 0 saturated heterocycles. The molecule has 0 aliphatic heterocycles. The van der Waals surface area contributed by atoms with Gasteiger partial charge in [0.1, 0.15) is 0 Å². The number of carbonyl (C=O) groups is 1. The van der Waals surface area contributed by atoms with Gasteiger partial charge in [0.25, 0.3) is 5.91 Å². The van der Waals surface area contributed by atoms with E-state index >= 15 is 0 Å². The second-order valence-electron chi connectivity index (χ2n) is 5.77. The number of rotatable bonds is 3. The maximum Gasteiger partial charge on any atom is 0.251 e. The summed E-state index contributed by atoms with van der Waals surface area (Å²) < 4.78 is 0. The first-order valence-corrected chi connectivity index (χ1v) is 7.63. The number of amides is 1. The fraction of sp³-hybridized carbons (Fsp3) is 0.412. The molecule has 23 heavy (non-hydrogen) atoms. The Kier molecular flexibility index (Phi) is 7.76. The Labute approximate surface area is 149 Å². The van der Waals surface area contributed by atoms with Crippen LogP contribution in [-0.4, -0.2) is 23.5 Å². The Bertz CT molecular complexity index is 651. The number of nitrogens with one attached hydrogen (secondary N) is 1. The second-order valence-corrected chi connectivity index (χ2v) is 5.77. The molecule has 4 nitrogen and oxygen atoms in total. The molecule has 1 fully saturated rings. The van der Waals surface area contributed by atoms with Gasteiger partial charge in [-0.05, 0) is 49.6 Å². The van der Waals surface area contributed by atoms with Gasteiger partial charge in [-0.15, -0.1) is 24.8 Å². The molecule has 1 aliphatic rings. The third kappa shape index (κ3) is 4.56. The largest absolute Gasteiger partial charge is 0.349 e. The quantitative estimate of drug-likeness (QED) is 0.887. The van der Waals surface area contributed by atoms with Crippen LogP contribution in [0.4, 0.5) is 0 Å². The van der Waals surface area contributed by atoms with Crippen LogP contribution < -0.4 is 11.1 Å². The molecule has 6 heteroatoms. The number of aromatic nitrogens is 1. The van der Waals surface area contributed by atoms with Crippen LogP contribution in [0, 0.1) is 5.92 Å². The standard InChI is InChI=1S/C17H21N3O.2ClH/c18-11-14-4-1-2-6-16(14)20-17(21)13-7-8-15-12(10-13)5-3-9-19-15;;/h3,5,7-10,14,16H,1-2,4,6,11,18H2,(H,20,21);2*1H. The molecule has 3 rings (SSSR count). The minimum atomic E-state index is -0.00824. The number of carbonyl (C=O) groups excluding carboxylic acids is 1. The van der Waals surface area contributed by atoms with E-state index < -0.39 is 0 Å². The van der Waals surface area contributed by atoms with Gasteiger partial charge in [-0.25, -0.2) is 0 Å². The number of fused-ring (bicyclic) bond motifs is 1. The molecule has 0 spiro atoms. The van der Waals surface area contributed by atoms with Crippen molar-refractivity contribution in [2.75, 3.05) is 6.54 Å². The zero-order chi connectivity index (χ0) is 14.7. The third-order valence-electron chi connectivity index (χ3n) is 4.39. The highest BCUT2D eigenvalue weighted by Crippen LogP contribution is 2.24. The molecule has 1 saturated carbocycles. The third-order valence-corrected chi connectivity index (χ3v) is 4.39. The monoisotopic (exact) mass is 355 g/mol. The maximum absolute atomic E-state index is 12.4. The Balaban J connectivity index is 0.00000132. The lowest BCUT2D eigenvalue weighted by molar-refractivity contribution is 0.0908. The first-order chi connectivity index (χ1) is 10.3. The van der Waals surface area contributed by atoms with E-state index in [1.807, 2.05) is 30.3 Å². The molecular weight excluding hydrogens is 333 g/mol. The van der Waals surface area contributed by atoms with Gasteiger partial charge < -0.3 is 11.1 Å². The van der Waals surface area contributed by atoms with Gasteiger partial charge in [-0.1, -0.05) is 18.9 Å². The van der Waals surface area contributed by atoms with Crippen LogP contribution in [-0.2, 0) is 0 Å². The predicted molar refractivity (Wildman–Crippen MR) is 98.5 cm³/mol. The van der Waals surface area contributed by atoms with Crippen molar-refractivity contribution < 1.29 is 4.79 Å². The lowest BCUT2D eigenvalue weighted by atomic mass is 9.84. The molecule has 0 bridgehead atoms. The number of nitrogens with zero attached hydrogens (tertiary/aromatic N) is 1. The Morgan fingerprint density at radius 2 is 2.00 bits per heavy atom. The van der Waals surface area contributed by atoms with Crippen LogP contribution in [0.3, 0.4) is 0 Å². The van der Waals surface area contributed by atoms with Crippen LogP contribution in [0.2, 0.25) is 0 Å². The summed E-state index contributed by atoms with van der Waals surface area (Å²) in [5.41, 5.74) is 7.42. The Morgan fingerprint density at radius 1 is 1.22 bits per heavy atom. The van der Waals surface area contributed by atoms with Crippen LogP contribution in [0.25, 0.3) is 10.9 Å². The van der Waals surface area contributed by atoms with Crippen molar-refractivity contribution in [1.82, 2.24) is 10.3 Å². The van der Waals surface area contributed by atoms with E-state index in [2.05, 4.69) is 10.3 Å². The Morgan fingerprint density at radius 3 is 2.78 bits per heavy atom. The van der Waals surface area contributed by atoms with Gasteiger partial charge >= 0.3 is 0 Å². The number of benzene rings is 1. The predicted octanol–water partition coefficient (Wildman–Crippen LogP) is 3.33. The summed E-state index contributed by atoms with van der Waals surface area (Å²) >= 11 is 0. The highest BCUT2D eigenvalue weighted by Gasteiger charge is 2.25. The van der Waals surface area contributed by atoms with Crippen molar-refractivity contribution in [1.29, 1.82) is 0 Å². The average molecular weight is 356 g/mol. The molecule has 2 aromatic rings. The van der Waals surface area contributed by atoms with E-state index in [0.717, 1.165) is 23.7 Å². The summed E-state index contributed by atoms with van der Waals surface area (Å²) in [6.07, 6.45) is 6.29. The minimum absolute atomic E-state index is 0. The van der Waals surface area contributed by atoms with Gasteiger partial charge in [0.2, 0.25) is 0 Å². The highest BCUT2D eigenvalue weighted by molar-refractivity contribution is 5.98. The molecule has 126 valence electrons. The zero-order valence-corrected chi connectivity index (χ0v) is 14.5. The van der Waals surface area contributed by atoms with Crippen molar-refractivity contribution in [2.45, 2.75) is 31.7 Å². The van der Waals surface area contributed by atoms with Crippen LogP contribution in [0.15, 0.2) is 36.5 Å². The van der Waals surface area contributed by atoms with Crippen molar-refractivity contribution >= 4 is 41.6 Å². The van der Waals surface area contributed by atoms with E-state index in [9.17, 15) is 4.79 Å². The van der Waals surface area contributed by atoms with E-state index in [-0.39, 0.29) is 36.8 Å². The number of nitrogens with two attached hydrogens (primary N) is 1. The van der Waals surface area contributed by atoms with Crippen LogP contribution >= 0.6 is 24.8 Å². The minimum Gasteiger partial charge on any atom is -0.349 e. The van der Waals surface area contributed by atoms with Gasteiger partial charge in [-0.2, -0.15) is 0 Å². The van der Waals surface area contributed by atoms with Crippen molar-refractivity contribution in [3.63, 3.8) is 0 Å². The lowest BCUT2D eigenvalue weighted by Crippen LogP contribution is -2.44.